The monoisotopic (exact) mass is 301 g/mol. The molecule has 0 aliphatic heterocycles. The lowest BCUT2D eigenvalue weighted by Gasteiger charge is -2.05. The molecule has 2 rings (SSSR count). The third-order valence-corrected chi connectivity index (χ3v) is 3.57. The first-order valence-corrected chi connectivity index (χ1v) is 7.26. The summed E-state index contributed by atoms with van der Waals surface area (Å²) in [7, 11) is 1.55. The lowest BCUT2D eigenvalue weighted by Crippen LogP contribution is -2.24. The van der Waals surface area contributed by atoms with Gasteiger partial charge in [-0.2, -0.15) is 0 Å². The standard InChI is InChI=1S/C16H15NO3S/c1-17-16(19)11-20-13-6-4-12(5-7-13)15(18)9-8-14-3-2-10-21-14/h2-10H,11H2,1H3,(H,17,19)/b9-8+. The highest BCUT2D eigenvalue weighted by atomic mass is 32.1. The summed E-state index contributed by atoms with van der Waals surface area (Å²) in [4.78, 5) is 24.1. The number of amides is 1. The molecule has 1 aromatic heterocycles. The summed E-state index contributed by atoms with van der Waals surface area (Å²) in [5.74, 6) is 0.285. The molecule has 2 aromatic rings. The Labute approximate surface area is 127 Å². The number of nitrogens with one attached hydrogen (secondary N) is 1. The van der Waals surface area contributed by atoms with Gasteiger partial charge in [-0.15, -0.1) is 11.3 Å². The van der Waals surface area contributed by atoms with Crippen molar-refractivity contribution in [1.82, 2.24) is 5.32 Å². The van der Waals surface area contributed by atoms with Crippen molar-refractivity contribution in [2.75, 3.05) is 13.7 Å². The third-order valence-electron chi connectivity index (χ3n) is 2.73. The van der Waals surface area contributed by atoms with Crippen molar-refractivity contribution in [2.24, 2.45) is 0 Å². The van der Waals surface area contributed by atoms with Crippen LogP contribution in [-0.4, -0.2) is 25.3 Å². The van der Waals surface area contributed by atoms with E-state index in [9.17, 15) is 9.59 Å². The normalized spacial score (nSPS) is 10.5. The van der Waals surface area contributed by atoms with Gasteiger partial charge in [0.15, 0.2) is 12.4 Å². The van der Waals surface area contributed by atoms with Crippen molar-refractivity contribution in [2.45, 2.75) is 0 Å². The van der Waals surface area contributed by atoms with E-state index in [4.69, 9.17) is 4.74 Å². The van der Waals surface area contributed by atoms with Crippen molar-refractivity contribution in [3.63, 3.8) is 0 Å². The minimum atomic E-state index is -0.200. The van der Waals surface area contributed by atoms with Gasteiger partial charge >= 0.3 is 0 Å². The predicted molar refractivity (Wildman–Crippen MR) is 83.7 cm³/mol. The minimum absolute atomic E-state index is 0.0396. The van der Waals surface area contributed by atoms with Gasteiger partial charge in [0, 0.05) is 17.5 Å². The highest BCUT2D eigenvalue weighted by molar-refractivity contribution is 7.10. The summed E-state index contributed by atoms with van der Waals surface area (Å²) >= 11 is 1.58. The first kappa shape index (κ1) is 15.0. The summed E-state index contributed by atoms with van der Waals surface area (Å²) in [6.45, 7) is -0.0396. The Morgan fingerprint density at radius 3 is 2.62 bits per heavy atom. The van der Waals surface area contributed by atoms with E-state index in [2.05, 4.69) is 5.32 Å². The number of hydrogen-bond acceptors (Lipinski definition) is 4. The topological polar surface area (TPSA) is 55.4 Å². The van der Waals surface area contributed by atoms with Crippen LogP contribution >= 0.6 is 11.3 Å². The quantitative estimate of drug-likeness (QED) is 0.659. The maximum Gasteiger partial charge on any atom is 0.257 e. The van der Waals surface area contributed by atoms with Crippen LogP contribution in [0, 0.1) is 0 Å². The molecule has 0 bridgehead atoms. The van der Waals surface area contributed by atoms with Gasteiger partial charge in [0.25, 0.3) is 5.91 Å². The van der Waals surface area contributed by atoms with Gasteiger partial charge in [-0.3, -0.25) is 9.59 Å². The lowest BCUT2D eigenvalue weighted by molar-refractivity contribution is -0.122. The number of allylic oxidation sites excluding steroid dienone is 1. The average Bonchev–Trinajstić information content (AvgIpc) is 3.04. The van der Waals surface area contributed by atoms with E-state index in [-0.39, 0.29) is 18.3 Å². The highest BCUT2D eigenvalue weighted by Gasteiger charge is 2.04. The zero-order chi connectivity index (χ0) is 15.1. The second kappa shape index (κ2) is 7.40. The van der Waals surface area contributed by atoms with Gasteiger partial charge in [-0.1, -0.05) is 6.07 Å². The molecule has 0 fully saturated rings. The van der Waals surface area contributed by atoms with Crippen LogP contribution in [0.4, 0.5) is 0 Å². The molecule has 1 aromatic carbocycles. The Hall–Kier alpha value is -2.40. The van der Waals surface area contributed by atoms with E-state index in [1.807, 2.05) is 17.5 Å². The number of rotatable bonds is 6. The Balaban J connectivity index is 1.95. The summed E-state index contributed by atoms with van der Waals surface area (Å²) in [6.07, 6.45) is 3.34. The second-order valence-corrected chi connectivity index (χ2v) is 5.18. The molecule has 21 heavy (non-hydrogen) atoms. The van der Waals surface area contributed by atoms with Gasteiger partial charge < -0.3 is 10.1 Å². The van der Waals surface area contributed by atoms with Gasteiger partial charge in [-0.05, 0) is 47.9 Å². The third kappa shape index (κ3) is 4.57. The molecule has 0 aliphatic rings. The summed E-state index contributed by atoms with van der Waals surface area (Å²) < 4.78 is 5.27. The minimum Gasteiger partial charge on any atom is -0.484 e. The van der Waals surface area contributed by atoms with Crippen LogP contribution in [0.5, 0.6) is 5.75 Å². The van der Waals surface area contributed by atoms with Gasteiger partial charge in [-0.25, -0.2) is 0 Å². The Morgan fingerprint density at radius 2 is 2.00 bits per heavy atom. The maximum atomic E-state index is 12.0. The van der Waals surface area contributed by atoms with Gasteiger partial charge in [0.2, 0.25) is 0 Å². The molecular weight excluding hydrogens is 286 g/mol. The lowest BCUT2D eigenvalue weighted by atomic mass is 10.1. The number of hydrogen-bond donors (Lipinski definition) is 1. The largest absolute Gasteiger partial charge is 0.484 e. The molecule has 0 atom stereocenters. The first-order valence-electron chi connectivity index (χ1n) is 6.38. The molecule has 0 aliphatic carbocycles. The maximum absolute atomic E-state index is 12.0. The number of carbonyl (C=O) groups is 2. The molecule has 108 valence electrons. The van der Waals surface area contributed by atoms with E-state index in [1.54, 1.807) is 54.8 Å². The van der Waals surface area contributed by atoms with Crippen LogP contribution in [0.2, 0.25) is 0 Å². The fourth-order valence-corrected chi connectivity index (χ4v) is 2.19. The molecule has 1 heterocycles. The number of ketones is 1. The van der Waals surface area contributed by atoms with Crippen LogP contribution < -0.4 is 10.1 Å². The number of carbonyl (C=O) groups excluding carboxylic acids is 2. The molecule has 0 spiro atoms. The van der Waals surface area contributed by atoms with Gasteiger partial charge in [0.1, 0.15) is 5.75 Å². The summed E-state index contributed by atoms with van der Waals surface area (Å²) in [5.41, 5.74) is 0.579. The molecular formula is C16H15NO3S. The van der Waals surface area contributed by atoms with Crippen LogP contribution in [-0.2, 0) is 4.79 Å². The Morgan fingerprint density at radius 1 is 1.24 bits per heavy atom. The molecule has 1 amide bonds. The van der Waals surface area contributed by atoms with E-state index >= 15 is 0 Å². The first-order chi connectivity index (χ1) is 10.2. The van der Waals surface area contributed by atoms with E-state index in [0.29, 0.717) is 11.3 Å². The number of benzene rings is 1. The number of likely N-dealkylation sites (N-methyl/N-ethyl adjacent to an activating group) is 1. The van der Waals surface area contributed by atoms with E-state index < -0.39 is 0 Å². The van der Waals surface area contributed by atoms with Crippen molar-refractivity contribution in [3.8, 4) is 5.75 Å². The SMILES string of the molecule is CNC(=O)COc1ccc(C(=O)/C=C/c2cccs2)cc1. The zero-order valence-corrected chi connectivity index (χ0v) is 12.4. The van der Waals surface area contributed by atoms with E-state index in [1.165, 1.54) is 0 Å². The fraction of sp³-hybridized carbons (Fsp3) is 0.125. The fourth-order valence-electron chi connectivity index (χ4n) is 1.58. The highest BCUT2D eigenvalue weighted by Crippen LogP contribution is 2.14. The number of thiophene rings is 1. The van der Waals surface area contributed by atoms with Crippen LogP contribution in [0.25, 0.3) is 6.08 Å². The summed E-state index contributed by atoms with van der Waals surface area (Å²) in [6, 6.07) is 10.6. The smallest absolute Gasteiger partial charge is 0.257 e. The molecule has 4 nitrogen and oxygen atoms in total. The second-order valence-electron chi connectivity index (χ2n) is 4.20. The van der Waals surface area contributed by atoms with Crippen molar-refractivity contribution in [1.29, 1.82) is 0 Å². The average molecular weight is 301 g/mol. The summed E-state index contributed by atoms with van der Waals surface area (Å²) in [5, 5.41) is 4.43. The van der Waals surface area contributed by atoms with Crippen molar-refractivity contribution >= 4 is 29.1 Å². The van der Waals surface area contributed by atoms with E-state index in [0.717, 1.165) is 4.88 Å². The zero-order valence-electron chi connectivity index (χ0n) is 11.5. The van der Waals surface area contributed by atoms with Crippen molar-refractivity contribution < 1.29 is 14.3 Å². The molecule has 5 heteroatoms. The predicted octanol–water partition coefficient (Wildman–Crippen LogP) is 2.77. The molecule has 0 saturated heterocycles. The van der Waals surface area contributed by atoms with Crippen LogP contribution in [0.15, 0.2) is 47.9 Å². The van der Waals surface area contributed by atoms with Crippen LogP contribution in [0.3, 0.4) is 0 Å². The number of ether oxygens (including phenoxy) is 1. The van der Waals surface area contributed by atoms with Crippen LogP contribution in [0.1, 0.15) is 15.2 Å². The Bertz CT molecular complexity index is 630. The molecule has 0 saturated carbocycles. The molecule has 1 N–H and O–H groups in total. The molecule has 0 radical (unpaired) electrons. The van der Waals surface area contributed by atoms with Gasteiger partial charge in [0.05, 0.1) is 0 Å². The molecule has 0 unspecified atom stereocenters. The Kier molecular flexibility index (Phi) is 5.29. The van der Waals surface area contributed by atoms with Crippen molar-refractivity contribution in [3.05, 3.63) is 58.3 Å².